The number of ether oxygens (including phenoxy) is 2. The van der Waals surface area contributed by atoms with Gasteiger partial charge in [-0.15, -0.1) is 0 Å². The molecule has 2 N–H and O–H groups in total. The topological polar surface area (TPSA) is 88.1 Å². The molecular formula is C17H28N2O5. The highest BCUT2D eigenvalue weighted by atomic mass is 16.5. The van der Waals surface area contributed by atoms with Gasteiger partial charge in [0.25, 0.3) is 0 Å². The summed E-state index contributed by atoms with van der Waals surface area (Å²) in [5.41, 5.74) is 0. The zero-order chi connectivity index (χ0) is 17.1. The third-order valence-corrected chi connectivity index (χ3v) is 4.98. The summed E-state index contributed by atoms with van der Waals surface area (Å²) in [5, 5.41) is 12.8. The maximum absolute atomic E-state index is 12.6. The number of aliphatic hydroxyl groups is 1. The number of nitrogens with one attached hydrogen (secondary N) is 1. The number of hydrogen-bond donors (Lipinski definition) is 2. The Bertz CT molecular complexity index is 468. The number of amides is 2. The maximum Gasteiger partial charge on any atom is 0.226 e. The summed E-state index contributed by atoms with van der Waals surface area (Å²) in [6, 6.07) is -0.0708. The molecule has 0 aromatic carbocycles. The lowest BCUT2D eigenvalue weighted by atomic mass is 9.94. The third kappa shape index (κ3) is 4.26. The second-order valence-corrected chi connectivity index (χ2v) is 7.06. The summed E-state index contributed by atoms with van der Waals surface area (Å²) in [7, 11) is 0. The van der Waals surface area contributed by atoms with Crippen LogP contribution in [0, 0.1) is 5.92 Å². The lowest BCUT2D eigenvalue weighted by Gasteiger charge is -2.44. The molecule has 3 aliphatic rings. The molecule has 4 atom stereocenters. The van der Waals surface area contributed by atoms with Crippen LogP contribution in [0.15, 0.2) is 0 Å². The number of carbonyl (C=O) groups is 2. The van der Waals surface area contributed by atoms with Gasteiger partial charge in [-0.1, -0.05) is 0 Å². The Morgan fingerprint density at radius 3 is 2.71 bits per heavy atom. The van der Waals surface area contributed by atoms with Crippen molar-refractivity contribution in [1.82, 2.24) is 10.2 Å². The van der Waals surface area contributed by atoms with E-state index in [4.69, 9.17) is 9.47 Å². The minimum Gasteiger partial charge on any atom is -0.389 e. The van der Waals surface area contributed by atoms with Crippen LogP contribution >= 0.6 is 0 Å². The van der Waals surface area contributed by atoms with Crippen molar-refractivity contribution in [1.29, 1.82) is 0 Å². The van der Waals surface area contributed by atoms with Crippen molar-refractivity contribution in [3.8, 4) is 0 Å². The molecule has 0 bridgehead atoms. The maximum atomic E-state index is 12.6. The highest BCUT2D eigenvalue weighted by Crippen LogP contribution is 2.35. The minimum atomic E-state index is -0.651. The third-order valence-electron chi connectivity index (χ3n) is 4.98. The van der Waals surface area contributed by atoms with E-state index in [1.165, 1.54) is 0 Å². The van der Waals surface area contributed by atoms with E-state index in [9.17, 15) is 14.7 Å². The Morgan fingerprint density at radius 1 is 1.21 bits per heavy atom. The van der Waals surface area contributed by atoms with Gasteiger partial charge >= 0.3 is 0 Å². The lowest BCUT2D eigenvalue weighted by molar-refractivity contribution is -0.170. The number of hydrogen-bond acceptors (Lipinski definition) is 5. The lowest BCUT2D eigenvalue weighted by Crippen LogP contribution is -2.57. The average molecular weight is 340 g/mol. The molecule has 3 fully saturated rings. The average Bonchev–Trinajstić information content (AvgIpc) is 3.36. The Balaban J connectivity index is 1.65. The molecule has 7 heteroatoms. The number of fused-ring (bicyclic) bond motifs is 1. The van der Waals surface area contributed by atoms with Crippen LogP contribution in [0.2, 0.25) is 0 Å². The van der Waals surface area contributed by atoms with E-state index in [1.54, 1.807) is 0 Å². The number of nitrogens with zero attached hydrogens (tertiary/aromatic N) is 1. The predicted octanol–water partition coefficient (Wildman–Crippen LogP) is 0.0585. The Labute approximate surface area is 142 Å². The van der Waals surface area contributed by atoms with Crippen molar-refractivity contribution in [2.24, 2.45) is 5.92 Å². The molecule has 1 saturated carbocycles. The van der Waals surface area contributed by atoms with Gasteiger partial charge in [0, 0.05) is 19.0 Å². The first-order valence-corrected chi connectivity index (χ1v) is 9.07. The molecule has 1 aliphatic carbocycles. The molecule has 2 heterocycles. The van der Waals surface area contributed by atoms with Crippen molar-refractivity contribution in [2.75, 3.05) is 26.3 Å². The highest BCUT2D eigenvalue weighted by Gasteiger charge is 2.43. The predicted molar refractivity (Wildman–Crippen MR) is 86.2 cm³/mol. The molecule has 7 nitrogen and oxygen atoms in total. The summed E-state index contributed by atoms with van der Waals surface area (Å²) in [6.07, 6.45) is 2.74. The van der Waals surface area contributed by atoms with Crippen LogP contribution in [0.3, 0.4) is 0 Å². The largest absolute Gasteiger partial charge is 0.389 e. The first kappa shape index (κ1) is 17.6. The Morgan fingerprint density at radius 2 is 2.00 bits per heavy atom. The van der Waals surface area contributed by atoms with Crippen LogP contribution in [-0.4, -0.2) is 72.5 Å². The van der Waals surface area contributed by atoms with Crippen LogP contribution in [0.4, 0.5) is 0 Å². The zero-order valence-electron chi connectivity index (χ0n) is 14.3. The van der Waals surface area contributed by atoms with Crippen LogP contribution in [0.5, 0.6) is 0 Å². The second-order valence-electron chi connectivity index (χ2n) is 7.06. The summed E-state index contributed by atoms with van der Waals surface area (Å²) in [6.45, 7) is 3.37. The normalized spacial score (nSPS) is 34.0. The molecule has 0 aromatic heterocycles. The summed E-state index contributed by atoms with van der Waals surface area (Å²) >= 11 is 0. The summed E-state index contributed by atoms with van der Waals surface area (Å²) in [5.74, 6) is 0.247. The van der Waals surface area contributed by atoms with Gasteiger partial charge < -0.3 is 24.8 Å². The Kier molecular flexibility index (Phi) is 5.73. The summed E-state index contributed by atoms with van der Waals surface area (Å²) in [4.78, 5) is 26.2. The highest BCUT2D eigenvalue weighted by molar-refractivity contribution is 5.81. The van der Waals surface area contributed by atoms with Gasteiger partial charge in [0.15, 0.2) is 0 Å². The quantitative estimate of drug-likeness (QED) is 0.755. The molecule has 3 rings (SSSR count). The fourth-order valence-corrected chi connectivity index (χ4v) is 3.64. The first-order chi connectivity index (χ1) is 11.6. The summed E-state index contributed by atoms with van der Waals surface area (Å²) < 4.78 is 11.6. The van der Waals surface area contributed by atoms with Gasteiger partial charge in [0.2, 0.25) is 11.8 Å². The fourth-order valence-electron chi connectivity index (χ4n) is 3.64. The van der Waals surface area contributed by atoms with Gasteiger partial charge in [0.05, 0.1) is 37.9 Å². The van der Waals surface area contributed by atoms with Crippen LogP contribution in [0.1, 0.15) is 39.0 Å². The molecule has 0 spiro atoms. The second kappa shape index (κ2) is 7.80. The van der Waals surface area contributed by atoms with Crippen molar-refractivity contribution >= 4 is 11.8 Å². The van der Waals surface area contributed by atoms with Gasteiger partial charge in [-0.25, -0.2) is 0 Å². The fraction of sp³-hybridized carbons (Fsp3) is 0.882. The SMILES string of the molecule is CCNC(=O)C[C@@H]1CC[C@@H]2[C@H](COC[C@@H](O)CN2C(=O)C2CC2)O1. The molecule has 0 unspecified atom stereocenters. The number of carbonyl (C=O) groups excluding carboxylic acids is 2. The van der Waals surface area contributed by atoms with Gasteiger partial charge in [-0.2, -0.15) is 0 Å². The zero-order valence-corrected chi connectivity index (χ0v) is 14.3. The van der Waals surface area contributed by atoms with Gasteiger partial charge in [-0.3, -0.25) is 9.59 Å². The molecule has 2 amide bonds. The van der Waals surface area contributed by atoms with Gasteiger partial charge in [-0.05, 0) is 32.6 Å². The van der Waals surface area contributed by atoms with Crippen LogP contribution in [-0.2, 0) is 19.1 Å². The number of aliphatic hydroxyl groups excluding tert-OH is 1. The smallest absolute Gasteiger partial charge is 0.226 e. The number of β-amino-alcohol motifs (C(OH)–C–C–N with tert-alkyl or cyclic N) is 1. The molecule has 0 aromatic rings. The van der Waals surface area contributed by atoms with E-state index in [2.05, 4.69) is 5.32 Å². The van der Waals surface area contributed by atoms with Crippen molar-refractivity contribution in [3.05, 3.63) is 0 Å². The van der Waals surface area contributed by atoms with E-state index in [-0.39, 0.29) is 42.6 Å². The molecule has 136 valence electrons. The van der Waals surface area contributed by atoms with Crippen molar-refractivity contribution < 1.29 is 24.2 Å². The molecule has 24 heavy (non-hydrogen) atoms. The first-order valence-electron chi connectivity index (χ1n) is 9.07. The monoisotopic (exact) mass is 340 g/mol. The van der Waals surface area contributed by atoms with Crippen molar-refractivity contribution in [3.63, 3.8) is 0 Å². The Hall–Kier alpha value is -1.18. The minimum absolute atomic E-state index is 0.00551. The molecule has 0 radical (unpaired) electrons. The van der Waals surface area contributed by atoms with E-state index in [0.29, 0.717) is 26.1 Å². The van der Waals surface area contributed by atoms with Crippen LogP contribution < -0.4 is 5.32 Å². The van der Waals surface area contributed by atoms with E-state index in [1.807, 2.05) is 11.8 Å². The standard InChI is InChI=1S/C17H28N2O5/c1-2-18-16(21)7-13-5-6-14-15(24-13)10-23-9-12(20)8-19(14)17(22)11-3-4-11/h11-15,20H,2-10H2,1H3,(H,18,21)/t12-,13-,14+,15-/m0/s1. The van der Waals surface area contributed by atoms with E-state index >= 15 is 0 Å². The molecular weight excluding hydrogens is 312 g/mol. The van der Waals surface area contributed by atoms with Crippen molar-refractivity contribution in [2.45, 2.75) is 63.4 Å². The molecule has 2 saturated heterocycles. The van der Waals surface area contributed by atoms with Crippen LogP contribution in [0.25, 0.3) is 0 Å². The van der Waals surface area contributed by atoms with Gasteiger partial charge in [0.1, 0.15) is 6.10 Å². The van der Waals surface area contributed by atoms with E-state index < -0.39 is 6.10 Å². The number of rotatable bonds is 4. The van der Waals surface area contributed by atoms with E-state index in [0.717, 1.165) is 25.7 Å². The molecule has 2 aliphatic heterocycles.